The van der Waals surface area contributed by atoms with Gasteiger partial charge in [-0.05, 0) is 30.8 Å². The summed E-state index contributed by atoms with van der Waals surface area (Å²) in [6.07, 6.45) is 3.19. The highest BCUT2D eigenvalue weighted by molar-refractivity contribution is 8.03. The van der Waals surface area contributed by atoms with Crippen molar-refractivity contribution in [2.24, 2.45) is 5.41 Å². The smallest absolute Gasteiger partial charge is 0.243 e. The maximum absolute atomic E-state index is 12.7. The molecule has 0 N–H and O–H groups in total. The molecular formula is C18H32BNO3S. The van der Waals surface area contributed by atoms with E-state index >= 15 is 0 Å². The molecule has 2 amide bonds. The van der Waals surface area contributed by atoms with E-state index in [9.17, 15) is 14.4 Å². The molecule has 0 aliphatic carbocycles. The van der Waals surface area contributed by atoms with Gasteiger partial charge in [0.1, 0.15) is 13.6 Å². The zero-order valence-corrected chi connectivity index (χ0v) is 17.1. The van der Waals surface area contributed by atoms with Crippen LogP contribution in [0.2, 0.25) is 0 Å². The Bertz CT molecular complexity index is 497. The van der Waals surface area contributed by atoms with Crippen molar-refractivity contribution in [3.05, 3.63) is 0 Å². The van der Waals surface area contributed by atoms with Crippen LogP contribution in [0.3, 0.4) is 0 Å². The van der Waals surface area contributed by atoms with E-state index in [1.807, 2.05) is 27.7 Å². The summed E-state index contributed by atoms with van der Waals surface area (Å²) in [5.41, 5.74) is -0.374. The first-order chi connectivity index (χ1) is 10.9. The van der Waals surface area contributed by atoms with Gasteiger partial charge in [0, 0.05) is 24.3 Å². The van der Waals surface area contributed by atoms with Crippen LogP contribution in [0.5, 0.6) is 0 Å². The van der Waals surface area contributed by atoms with Crippen LogP contribution in [0.4, 0.5) is 0 Å². The zero-order valence-electron chi connectivity index (χ0n) is 16.3. The lowest BCUT2D eigenvalue weighted by Crippen LogP contribution is -2.40. The monoisotopic (exact) mass is 353 g/mol. The molecule has 0 saturated carbocycles. The number of ketones is 1. The van der Waals surface area contributed by atoms with E-state index in [-0.39, 0.29) is 45.4 Å². The van der Waals surface area contributed by atoms with Crippen molar-refractivity contribution >= 4 is 37.2 Å². The first-order valence-electron chi connectivity index (χ1n) is 9.02. The molecule has 0 bridgehead atoms. The number of hydrogen-bond acceptors (Lipinski definition) is 4. The van der Waals surface area contributed by atoms with Crippen LogP contribution in [0.1, 0.15) is 73.6 Å². The molecule has 1 aliphatic heterocycles. The summed E-state index contributed by atoms with van der Waals surface area (Å²) in [5, 5.41) is -0.275. The SMILES string of the molecule is BC(CC)(CC)SC1CC(=O)N(C(C)CCC(=O)C(C)(C)C)C1=O. The minimum absolute atomic E-state index is 0.0298. The molecule has 0 radical (unpaired) electrons. The number of nitrogens with zero attached hydrogens (tertiary/aromatic N) is 1. The van der Waals surface area contributed by atoms with E-state index in [2.05, 4.69) is 21.7 Å². The number of carbonyl (C=O) groups excluding carboxylic acids is 3. The van der Waals surface area contributed by atoms with Crippen molar-refractivity contribution in [1.82, 2.24) is 4.90 Å². The average Bonchev–Trinajstić information content (AvgIpc) is 2.77. The molecule has 24 heavy (non-hydrogen) atoms. The van der Waals surface area contributed by atoms with Gasteiger partial charge in [0.05, 0.1) is 5.25 Å². The van der Waals surface area contributed by atoms with E-state index in [0.29, 0.717) is 12.8 Å². The van der Waals surface area contributed by atoms with Gasteiger partial charge in [-0.3, -0.25) is 19.3 Å². The molecule has 0 aromatic carbocycles. The summed E-state index contributed by atoms with van der Waals surface area (Å²) >= 11 is 1.64. The Kier molecular flexibility index (Phi) is 7.15. The van der Waals surface area contributed by atoms with E-state index in [4.69, 9.17) is 0 Å². The number of amides is 2. The number of likely N-dealkylation sites (tertiary alicyclic amines) is 1. The van der Waals surface area contributed by atoms with Crippen LogP contribution in [0.25, 0.3) is 0 Å². The fourth-order valence-corrected chi connectivity index (χ4v) is 4.24. The third kappa shape index (κ3) is 5.11. The number of rotatable bonds is 8. The second-order valence-corrected chi connectivity index (χ2v) is 9.92. The second kappa shape index (κ2) is 8.07. The number of hydrogen-bond donors (Lipinski definition) is 0. The minimum Gasteiger partial charge on any atom is -0.299 e. The van der Waals surface area contributed by atoms with Crippen molar-refractivity contribution < 1.29 is 14.4 Å². The van der Waals surface area contributed by atoms with Crippen LogP contribution in [0, 0.1) is 5.41 Å². The first-order valence-corrected chi connectivity index (χ1v) is 9.90. The summed E-state index contributed by atoms with van der Waals surface area (Å²) in [7, 11) is 2.16. The molecule has 136 valence electrons. The van der Waals surface area contributed by atoms with Crippen molar-refractivity contribution in [3.8, 4) is 0 Å². The summed E-state index contributed by atoms with van der Waals surface area (Å²) < 4.78 is 0.0298. The second-order valence-electron chi connectivity index (χ2n) is 8.13. The molecular weight excluding hydrogens is 321 g/mol. The maximum atomic E-state index is 12.7. The number of imide groups is 1. The van der Waals surface area contributed by atoms with Crippen molar-refractivity contribution in [2.45, 2.75) is 89.6 Å². The quantitative estimate of drug-likeness (QED) is 0.497. The maximum Gasteiger partial charge on any atom is 0.243 e. The van der Waals surface area contributed by atoms with Crippen LogP contribution < -0.4 is 0 Å². The predicted molar refractivity (Wildman–Crippen MR) is 103 cm³/mol. The first kappa shape index (κ1) is 21.3. The van der Waals surface area contributed by atoms with Crippen LogP contribution in [-0.2, 0) is 14.4 Å². The van der Waals surface area contributed by atoms with Gasteiger partial charge < -0.3 is 0 Å². The van der Waals surface area contributed by atoms with Gasteiger partial charge >= 0.3 is 0 Å². The number of carbonyl (C=O) groups is 3. The minimum atomic E-state index is -0.374. The van der Waals surface area contributed by atoms with Gasteiger partial charge in [0.2, 0.25) is 11.8 Å². The number of thioether (sulfide) groups is 1. The average molecular weight is 353 g/mol. The Morgan fingerprint density at radius 2 is 1.83 bits per heavy atom. The molecule has 2 atom stereocenters. The van der Waals surface area contributed by atoms with Gasteiger partial charge in [0.15, 0.2) is 0 Å². The predicted octanol–water partition coefficient (Wildman–Crippen LogP) is 2.78. The Labute approximate surface area is 151 Å². The van der Waals surface area contributed by atoms with E-state index in [1.165, 1.54) is 4.90 Å². The largest absolute Gasteiger partial charge is 0.299 e. The molecule has 1 heterocycles. The summed E-state index contributed by atoms with van der Waals surface area (Å²) in [5.74, 6) is 0.000470. The lowest BCUT2D eigenvalue weighted by molar-refractivity contribution is -0.141. The molecule has 6 heteroatoms. The summed E-state index contributed by atoms with van der Waals surface area (Å²) in [6, 6.07) is -0.212. The molecule has 1 rings (SSSR count). The van der Waals surface area contributed by atoms with Crippen molar-refractivity contribution in [2.75, 3.05) is 0 Å². The van der Waals surface area contributed by atoms with Crippen LogP contribution >= 0.6 is 11.8 Å². The van der Waals surface area contributed by atoms with Gasteiger partial charge in [-0.15, -0.1) is 0 Å². The molecule has 0 aromatic rings. The lowest BCUT2D eigenvalue weighted by Gasteiger charge is -2.29. The van der Waals surface area contributed by atoms with E-state index in [1.54, 1.807) is 11.8 Å². The highest BCUT2D eigenvalue weighted by Crippen LogP contribution is 2.38. The third-order valence-corrected chi connectivity index (χ3v) is 6.93. The van der Waals surface area contributed by atoms with Crippen molar-refractivity contribution in [3.63, 3.8) is 0 Å². The van der Waals surface area contributed by atoms with Crippen LogP contribution in [0.15, 0.2) is 0 Å². The topological polar surface area (TPSA) is 54.5 Å². The van der Waals surface area contributed by atoms with Gasteiger partial charge in [0.25, 0.3) is 0 Å². The van der Waals surface area contributed by atoms with Gasteiger partial charge in [-0.25, -0.2) is 0 Å². The fraction of sp³-hybridized carbons (Fsp3) is 0.833. The highest BCUT2D eigenvalue weighted by Gasteiger charge is 2.43. The Balaban J connectivity index is 2.71. The normalized spacial score (nSPS) is 20.6. The summed E-state index contributed by atoms with van der Waals surface area (Å²) in [4.78, 5) is 38.5. The summed E-state index contributed by atoms with van der Waals surface area (Å²) in [6.45, 7) is 11.8. The Hall–Kier alpha value is -0.775. The Morgan fingerprint density at radius 3 is 2.29 bits per heavy atom. The molecule has 4 nitrogen and oxygen atoms in total. The molecule has 0 aromatic heterocycles. The highest BCUT2D eigenvalue weighted by atomic mass is 32.2. The third-order valence-electron chi connectivity index (χ3n) is 5.13. The zero-order chi connectivity index (χ0) is 18.7. The van der Waals surface area contributed by atoms with Gasteiger partial charge in [-0.1, -0.05) is 34.6 Å². The fourth-order valence-electron chi connectivity index (χ4n) is 2.78. The molecule has 0 spiro atoms. The van der Waals surface area contributed by atoms with Crippen LogP contribution in [-0.4, -0.2) is 46.3 Å². The Morgan fingerprint density at radius 1 is 1.29 bits per heavy atom. The van der Waals surface area contributed by atoms with E-state index < -0.39 is 0 Å². The molecule has 1 aliphatic rings. The van der Waals surface area contributed by atoms with Crippen molar-refractivity contribution in [1.29, 1.82) is 0 Å². The number of Topliss-reactive ketones (excluding diaryl/α,β-unsaturated/α-hetero) is 1. The molecule has 1 saturated heterocycles. The van der Waals surface area contributed by atoms with Gasteiger partial charge in [-0.2, -0.15) is 11.8 Å². The van der Waals surface area contributed by atoms with E-state index in [0.717, 1.165) is 12.8 Å². The molecule has 2 unspecified atom stereocenters. The lowest BCUT2D eigenvalue weighted by atomic mass is 9.81. The molecule has 1 fully saturated rings. The standard InChI is InChI=1S/C18H32BNO3S/c1-7-18(19,8-2)24-13-11-15(22)20(16(13)23)12(3)9-10-14(21)17(4,5)6/h12-13H,7-11,19H2,1-6H3.